The quantitative estimate of drug-likeness (QED) is 0.426. The van der Waals surface area contributed by atoms with Crippen molar-refractivity contribution in [1.82, 2.24) is 20.2 Å². The van der Waals surface area contributed by atoms with E-state index >= 15 is 0 Å². The Morgan fingerprint density at radius 3 is 3.00 bits per heavy atom. The number of nitrogens with one attached hydrogen (secondary N) is 3. The number of hydrogen-bond acceptors (Lipinski definition) is 6. The van der Waals surface area contributed by atoms with E-state index in [0.29, 0.717) is 17.4 Å². The molecule has 1 aromatic carbocycles. The van der Waals surface area contributed by atoms with Crippen molar-refractivity contribution >= 4 is 28.5 Å². The molecular weight excluding hydrogens is 254 g/mol. The second kappa shape index (κ2) is 5.14. The van der Waals surface area contributed by atoms with E-state index in [1.54, 1.807) is 6.20 Å². The van der Waals surface area contributed by atoms with Crippen LogP contribution < -0.4 is 16.6 Å². The molecule has 0 radical (unpaired) electrons. The molecule has 0 aliphatic heterocycles. The third-order valence-corrected chi connectivity index (χ3v) is 3.04. The van der Waals surface area contributed by atoms with Gasteiger partial charge in [-0.1, -0.05) is 19.1 Å². The number of rotatable bonds is 4. The van der Waals surface area contributed by atoms with Crippen molar-refractivity contribution in [3.8, 4) is 0 Å². The minimum Gasteiger partial charge on any atom is -0.339 e. The number of benzene rings is 1. The summed E-state index contributed by atoms with van der Waals surface area (Å²) in [6.07, 6.45) is 2.66. The van der Waals surface area contributed by atoms with E-state index in [1.807, 2.05) is 12.1 Å². The molecule has 0 saturated carbocycles. The van der Waals surface area contributed by atoms with Crippen LogP contribution in [0.4, 0.5) is 17.5 Å². The van der Waals surface area contributed by atoms with Gasteiger partial charge in [0.15, 0.2) is 5.65 Å². The largest absolute Gasteiger partial charge is 0.339 e. The zero-order valence-electron chi connectivity index (χ0n) is 11.0. The smallest absolute Gasteiger partial charge is 0.241 e. The fourth-order valence-corrected chi connectivity index (χ4v) is 2.00. The number of nitrogens with two attached hydrogens (primary N) is 1. The van der Waals surface area contributed by atoms with Gasteiger partial charge in [-0.25, -0.2) is 5.84 Å². The molecule has 3 rings (SSSR count). The number of aromatic amines is 1. The van der Waals surface area contributed by atoms with E-state index in [1.165, 1.54) is 5.56 Å². The van der Waals surface area contributed by atoms with Crippen LogP contribution in [-0.2, 0) is 6.42 Å². The first kappa shape index (κ1) is 12.4. The minimum absolute atomic E-state index is 0.330. The molecule has 0 saturated heterocycles. The number of hydrogen-bond donors (Lipinski definition) is 4. The summed E-state index contributed by atoms with van der Waals surface area (Å²) in [6.45, 7) is 2.12. The van der Waals surface area contributed by atoms with Gasteiger partial charge in [-0.3, -0.25) is 10.5 Å². The van der Waals surface area contributed by atoms with Crippen molar-refractivity contribution < 1.29 is 0 Å². The van der Waals surface area contributed by atoms with Gasteiger partial charge in [0, 0.05) is 5.69 Å². The van der Waals surface area contributed by atoms with Crippen LogP contribution in [0, 0.1) is 0 Å². The average molecular weight is 269 g/mol. The molecule has 7 nitrogen and oxygen atoms in total. The second-order valence-corrected chi connectivity index (χ2v) is 4.35. The molecule has 102 valence electrons. The summed E-state index contributed by atoms with van der Waals surface area (Å²) >= 11 is 0. The molecule has 0 atom stereocenters. The number of hydrazine groups is 1. The molecular formula is C13H15N7. The predicted molar refractivity (Wildman–Crippen MR) is 78.6 cm³/mol. The van der Waals surface area contributed by atoms with E-state index in [2.05, 4.69) is 50.0 Å². The first-order chi connectivity index (χ1) is 9.80. The van der Waals surface area contributed by atoms with E-state index in [4.69, 9.17) is 5.84 Å². The maximum absolute atomic E-state index is 5.38. The number of H-pyrrole nitrogens is 1. The fourth-order valence-electron chi connectivity index (χ4n) is 2.00. The summed E-state index contributed by atoms with van der Waals surface area (Å²) in [5.41, 5.74) is 5.30. The minimum atomic E-state index is 0.330. The highest BCUT2D eigenvalue weighted by Gasteiger charge is 2.09. The van der Waals surface area contributed by atoms with Crippen LogP contribution in [0.3, 0.4) is 0 Å². The van der Waals surface area contributed by atoms with Crippen molar-refractivity contribution in [3.05, 3.63) is 36.0 Å². The Balaban J connectivity index is 2.02. The number of nitrogens with zero attached hydrogens (tertiary/aromatic N) is 3. The molecule has 3 aromatic rings. The Bertz CT molecular complexity index is 734. The lowest BCUT2D eigenvalue weighted by Gasteiger charge is -2.09. The second-order valence-electron chi connectivity index (χ2n) is 4.35. The zero-order chi connectivity index (χ0) is 13.9. The zero-order valence-corrected chi connectivity index (χ0v) is 11.0. The highest BCUT2D eigenvalue weighted by molar-refractivity contribution is 5.89. The first-order valence-corrected chi connectivity index (χ1v) is 6.34. The molecule has 0 amide bonds. The molecule has 0 aliphatic carbocycles. The van der Waals surface area contributed by atoms with Crippen LogP contribution in [-0.4, -0.2) is 20.2 Å². The molecule has 20 heavy (non-hydrogen) atoms. The lowest BCUT2D eigenvalue weighted by Crippen LogP contribution is -2.11. The van der Waals surface area contributed by atoms with E-state index in [0.717, 1.165) is 17.5 Å². The number of fused-ring (bicyclic) bond motifs is 1. The van der Waals surface area contributed by atoms with Crippen LogP contribution in [0.15, 0.2) is 30.5 Å². The van der Waals surface area contributed by atoms with Crippen LogP contribution >= 0.6 is 0 Å². The van der Waals surface area contributed by atoms with Gasteiger partial charge in [0.1, 0.15) is 5.82 Å². The van der Waals surface area contributed by atoms with Gasteiger partial charge in [-0.2, -0.15) is 15.1 Å². The molecule has 0 fully saturated rings. The normalized spacial score (nSPS) is 10.7. The van der Waals surface area contributed by atoms with Crippen LogP contribution in [0.1, 0.15) is 12.5 Å². The van der Waals surface area contributed by atoms with Crippen molar-refractivity contribution in [2.24, 2.45) is 5.84 Å². The summed E-state index contributed by atoms with van der Waals surface area (Å²) < 4.78 is 0. The summed E-state index contributed by atoms with van der Waals surface area (Å²) in [7, 11) is 0. The monoisotopic (exact) mass is 269 g/mol. The van der Waals surface area contributed by atoms with Gasteiger partial charge in [0.25, 0.3) is 0 Å². The lowest BCUT2D eigenvalue weighted by molar-refractivity contribution is 1.08. The highest BCUT2D eigenvalue weighted by atomic mass is 15.3. The lowest BCUT2D eigenvalue weighted by atomic mass is 10.1. The van der Waals surface area contributed by atoms with Gasteiger partial charge in [0.05, 0.1) is 11.6 Å². The summed E-state index contributed by atoms with van der Waals surface area (Å²) in [5.74, 6) is 6.37. The third-order valence-electron chi connectivity index (χ3n) is 3.04. The van der Waals surface area contributed by atoms with Gasteiger partial charge >= 0.3 is 0 Å². The molecule has 0 unspecified atom stereocenters. The van der Waals surface area contributed by atoms with Crippen LogP contribution in [0.2, 0.25) is 0 Å². The Kier molecular flexibility index (Phi) is 3.18. The summed E-state index contributed by atoms with van der Waals surface area (Å²) in [5, 5.41) is 10.9. The Labute approximate surface area is 115 Å². The van der Waals surface area contributed by atoms with Crippen molar-refractivity contribution in [1.29, 1.82) is 0 Å². The predicted octanol–water partition coefficient (Wildman–Crippen LogP) is 1.94. The van der Waals surface area contributed by atoms with Gasteiger partial charge < -0.3 is 5.32 Å². The van der Waals surface area contributed by atoms with E-state index < -0.39 is 0 Å². The Morgan fingerprint density at radius 2 is 2.20 bits per heavy atom. The van der Waals surface area contributed by atoms with Crippen molar-refractivity contribution in [2.75, 3.05) is 10.7 Å². The van der Waals surface area contributed by atoms with Crippen LogP contribution in [0.25, 0.3) is 11.0 Å². The molecule has 2 heterocycles. The average Bonchev–Trinajstić information content (AvgIpc) is 2.96. The maximum atomic E-state index is 5.38. The standard InChI is InChI=1S/C13H15N7/c1-2-8-4-3-5-9(6-8)16-11-10-7-15-20-12(10)18-13(17-11)19-14/h3-7H,2,14H2,1H3,(H3,15,16,17,18,19,20). The van der Waals surface area contributed by atoms with Crippen LogP contribution in [0.5, 0.6) is 0 Å². The maximum Gasteiger partial charge on any atom is 0.241 e. The number of aromatic nitrogens is 4. The molecule has 0 aliphatic rings. The van der Waals surface area contributed by atoms with E-state index in [-0.39, 0.29) is 0 Å². The SMILES string of the molecule is CCc1cccc(Nc2nc(NN)nc3[nH]ncc23)c1. The molecule has 5 N–H and O–H groups in total. The van der Waals surface area contributed by atoms with Crippen molar-refractivity contribution in [3.63, 3.8) is 0 Å². The molecule has 7 heteroatoms. The third kappa shape index (κ3) is 2.26. The fraction of sp³-hybridized carbons (Fsp3) is 0.154. The van der Waals surface area contributed by atoms with Gasteiger partial charge in [-0.15, -0.1) is 0 Å². The molecule has 0 spiro atoms. The topological polar surface area (TPSA) is 105 Å². The number of nitrogen functional groups attached to an aromatic ring is 1. The number of aryl methyl sites for hydroxylation is 1. The molecule has 2 aromatic heterocycles. The van der Waals surface area contributed by atoms with E-state index in [9.17, 15) is 0 Å². The first-order valence-electron chi connectivity index (χ1n) is 6.34. The number of anilines is 3. The summed E-state index contributed by atoms with van der Waals surface area (Å²) in [6, 6.07) is 8.18. The van der Waals surface area contributed by atoms with Gasteiger partial charge in [0.2, 0.25) is 5.95 Å². The Morgan fingerprint density at radius 1 is 1.30 bits per heavy atom. The Hall–Kier alpha value is -2.67. The summed E-state index contributed by atoms with van der Waals surface area (Å²) in [4.78, 5) is 8.51. The highest BCUT2D eigenvalue weighted by Crippen LogP contribution is 2.24. The van der Waals surface area contributed by atoms with Crippen molar-refractivity contribution in [2.45, 2.75) is 13.3 Å². The van der Waals surface area contributed by atoms with Gasteiger partial charge in [-0.05, 0) is 24.1 Å². The molecule has 0 bridgehead atoms.